The Kier molecular flexibility index (Phi) is 4.17. The second kappa shape index (κ2) is 6.32. The van der Waals surface area contributed by atoms with Gasteiger partial charge >= 0.3 is 6.43 Å². The van der Waals surface area contributed by atoms with Crippen LogP contribution < -0.4 is 5.73 Å². The van der Waals surface area contributed by atoms with Crippen LogP contribution in [0.2, 0.25) is 0 Å². The van der Waals surface area contributed by atoms with Gasteiger partial charge in [-0.3, -0.25) is 0 Å². The molecule has 0 aliphatic heterocycles. The van der Waals surface area contributed by atoms with Gasteiger partial charge in [0.05, 0.1) is 11.3 Å². The van der Waals surface area contributed by atoms with Crippen LogP contribution in [0.25, 0.3) is 11.5 Å². The fraction of sp³-hybridized carbons (Fsp3) is 0.400. The molecule has 0 amide bonds. The topological polar surface area (TPSA) is 90.7 Å². The fourth-order valence-electron chi connectivity index (χ4n) is 3.42. The molecule has 4 rings (SSSR count). The maximum Gasteiger partial charge on any atom is 0.314 e. The predicted octanol–water partition coefficient (Wildman–Crippen LogP) is 4.42. The van der Waals surface area contributed by atoms with Crippen LogP contribution in [0.4, 0.5) is 14.7 Å². The predicted molar refractivity (Wildman–Crippen MR) is 99.8 cm³/mol. The minimum Gasteiger partial charge on any atom is -0.415 e. The summed E-state index contributed by atoms with van der Waals surface area (Å²) in [4.78, 5) is 8.44. The summed E-state index contributed by atoms with van der Waals surface area (Å²) in [5, 5.41) is 7.18. The van der Waals surface area contributed by atoms with Gasteiger partial charge in [-0.1, -0.05) is 45.0 Å². The minimum atomic E-state index is -2.83. The molecule has 1 aromatic carbocycles. The molecule has 2 heterocycles. The van der Waals surface area contributed by atoms with Crippen molar-refractivity contribution in [2.75, 3.05) is 5.73 Å². The molecule has 1 aliphatic rings. The van der Waals surface area contributed by atoms with E-state index >= 15 is 0 Å². The largest absolute Gasteiger partial charge is 0.415 e. The molecule has 2 N–H and O–H groups in total. The molecule has 0 saturated heterocycles. The van der Waals surface area contributed by atoms with Gasteiger partial charge in [-0.05, 0) is 29.4 Å². The Bertz CT molecular complexity index is 1000. The molecule has 1 saturated carbocycles. The summed E-state index contributed by atoms with van der Waals surface area (Å²) in [5.41, 5.74) is 8.92. The average molecular weight is 385 g/mol. The van der Waals surface area contributed by atoms with Crippen LogP contribution >= 0.6 is 0 Å². The third-order valence-corrected chi connectivity index (χ3v) is 5.17. The SMILES string of the molecule is CC(C)(C)c1ccc(C2(c3nc(N)ncc3-c3nnc(C(F)F)o3)CC2)cc1. The van der Waals surface area contributed by atoms with Gasteiger partial charge in [0.15, 0.2) is 0 Å². The highest BCUT2D eigenvalue weighted by Crippen LogP contribution is 2.55. The smallest absolute Gasteiger partial charge is 0.314 e. The molecule has 0 atom stereocenters. The highest BCUT2D eigenvalue weighted by atomic mass is 19.3. The Morgan fingerprint density at radius 3 is 2.32 bits per heavy atom. The molecule has 0 bridgehead atoms. The Morgan fingerprint density at radius 1 is 1.11 bits per heavy atom. The number of anilines is 1. The van der Waals surface area contributed by atoms with Crippen molar-refractivity contribution < 1.29 is 13.2 Å². The second-order valence-corrected chi connectivity index (χ2v) is 8.15. The van der Waals surface area contributed by atoms with Crippen molar-refractivity contribution in [1.29, 1.82) is 0 Å². The third kappa shape index (κ3) is 3.12. The molecular formula is C20H21F2N5O. The van der Waals surface area contributed by atoms with Gasteiger partial charge in [0, 0.05) is 11.6 Å². The first-order chi connectivity index (χ1) is 13.2. The fourth-order valence-corrected chi connectivity index (χ4v) is 3.42. The van der Waals surface area contributed by atoms with E-state index in [1.54, 1.807) is 0 Å². The Labute approximate surface area is 161 Å². The number of nitrogens with two attached hydrogens (primary N) is 1. The molecular weight excluding hydrogens is 364 g/mol. The van der Waals surface area contributed by atoms with Crippen molar-refractivity contribution in [2.45, 2.75) is 50.9 Å². The maximum atomic E-state index is 12.9. The number of nitrogen functional groups attached to an aromatic ring is 1. The zero-order chi connectivity index (χ0) is 20.1. The standard InChI is InChI=1S/C20H21F2N5O/c1-19(2,3)11-4-6-12(7-5-11)20(8-9-20)14-13(10-24-18(23)25-14)16-26-27-17(28-16)15(21)22/h4-7,10,15H,8-9H2,1-3H3,(H2,23,24,25). The Balaban J connectivity index is 1.79. The van der Waals surface area contributed by atoms with Gasteiger partial charge in [0.2, 0.25) is 5.95 Å². The molecule has 0 spiro atoms. The normalized spacial score (nSPS) is 15.8. The average Bonchev–Trinajstić information content (AvgIpc) is 3.30. The van der Waals surface area contributed by atoms with Gasteiger partial charge < -0.3 is 10.2 Å². The Morgan fingerprint density at radius 2 is 1.79 bits per heavy atom. The summed E-state index contributed by atoms with van der Waals surface area (Å²) in [7, 11) is 0. The van der Waals surface area contributed by atoms with Crippen molar-refractivity contribution in [3.63, 3.8) is 0 Å². The van der Waals surface area contributed by atoms with Gasteiger partial charge in [-0.25, -0.2) is 9.97 Å². The van der Waals surface area contributed by atoms with E-state index in [0.717, 1.165) is 18.4 Å². The summed E-state index contributed by atoms with van der Waals surface area (Å²) < 4.78 is 30.9. The summed E-state index contributed by atoms with van der Waals surface area (Å²) >= 11 is 0. The second-order valence-electron chi connectivity index (χ2n) is 8.15. The maximum absolute atomic E-state index is 12.9. The van der Waals surface area contributed by atoms with E-state index < -0.39 is 12.3 Å². The van der Waals surface area contributed by atoms with Crippen LogP contribution in [0, 0.1) is 0 Å². The molecule has 28 heavy (non-hydrogen) atoms. The van der Waals surface area contributed by atoms with E-state index in [1.807, 2.05) is 0 Å². The lowest BCUT2D eigenvalue weighted by Gasteiger charge is -2.22. The summed E-state index contributed by atoms with van der Waals surface area (Å²) in [6, 6.07) is 8.41. The number of benzene rings is 1. The summed E-state index contributed by atoms with van der Waals surface area (Å²) in [5.74, 6) is -0.634. The molecule has 6 nitrogen and oxygen atoms in total. The highest BCUT2D eigenvalue weighted by Gasteiger charge is 2.49. The van der Waals surface area contributed by atoms with E-state index in [-0.39, 0.29) is 22.7 Å². The van der Waals surface area contributed by atoms with E-state index in [4.69, 9.17) is 10.2 Å². The minimum absolute atomic E-state index is 0.0251. The molecule has 3 aromatic rings. The van der Waals surface area contributed by atoms with Crippen LogP contribution in [0.3, 0.4) is 0 Å². The van der Waals surface area contributed by atoms with Gasteiger partial charge in [-0.15, -0.1) is 10.2 Å². The number of rotatable bonds is 4. The van der Waals surface area contributed by atoms with Crippen molar-refractivity contribution in [2.24, 2.45) is 0 Å². The molecule has 0 unspecified atom stereocenters. The lowest BCUT2D eigenvalue weighted by Crippen LogP contribution is -2.16. The van der Waals surface area contributed by atoms with Crippen molar-refractivity contribution in [3.8, 4) is 11.5 Å². The zero-order valence-corrected chi connectivity index (χ0v) is 15.9. The number of hydrogen-bond donors (Lipinski definition) is 1. The van der Waals surface area contributed by atoms with E-state index in [1.165, 1.54) is 11.8 Å². The van der Waals surface area contributed by atoms with Crippen LogP contribution in [0.1, 0.15) is 62.7 Å². The number of alkyl halides is 2. The first kappa shape index (κ1) is 18.5. The molecule has 8 heteroatoms. The molecule has 1 aliphatic carbocycles. The number of halogens is 2. The van der Waals surface area contributed by atoms with Crippen molar-refractivity contribution in [1.82, 2.24) is 20.2 Å². The number of aromatic nitrogens is 4. The van der Waals surface area contributed by atoms with E-state index in [0.29, 0.717) is 11.3 Å². The Hall–Kier alpha value is -2.90. The van der Waals surface area contributed by atoms with Crippen LogP contribution in [0.15, 0.2) is 34.9 Å². The lowest BCUT2D eigenvalue weighted by molar-refractivity contribution is 0.116. The lowest BCUT2D eigenvalue weighted by atomic mass is 9.83. The molecule has 2 aromatic heterocycles. The zero-order valence-electron chi connectivity index (χ0n) is 15.9. The van der Waals surface area contributed by atoms with Gasteiger partial charge in [0.25, 0.3) is 11.8 Å². The number of nitrogens with zero attached hydrogens (tertiary/aromatic N) is 4. The molecule has 1 fully saturated rings. The van der Waals surface area contributed by atoms with Crippen LogP contribution in [-0.2, 0) is 10.8 Å². The third-order valence-electron chi connectivity index (χ3n) is 5.17. The van der Waals surface area contributed by atoms with E-state index in [2.05, 4.69) is 65.2 Å². The van der Waals surface area contributed by atoms with Crippen LogP contribution in [0.5, 0.6) is 0 Å². The van der Waals surface area contributed by atoms with E-state index in [9.17, 15) is 8.78 Å². The van der Waals surface area contributed by atoms with Gasteiger partial charge in [0.1, 0.15) is 0 Å². The van der Waals surface area contributed by atoms with Gasteiger partial charge in [-0.2, -0.15) is 8.78 Å². The quantitative estimate of drug-likeness (QED) is 0.715. The highest BCUT2D eigenvalue weighted by molar-refractivity contribution is 5.62. The summed E-state index contributed by atoms with van der Waals surface area (Å²) in [6.07, 6.45) is 0.353. The molecule has 0 radical (unpaired) electrons. The first-order valence-electron chi connectivity index (χ1n) is 9.07. The van der Waals surface area contributed by atoms with Crippen molar-refractivity contribution in [3.05, 3.63) is 53.2 Å². The molecule has 146 valence electrons. The number of hydrogen-bond acceptors (Lipinski definition) is 6. The monoisotopic (exact) mass is 385 g/mol. The summed E-state index contributed by atoms with van der Waals surface area (Å²) in [6.45, 7) is 6.48. The van der Waals surface area contributed by atoms with Crippen LogP contribution in [-0.4, -0.2) is 20.2 Å². The first-order valence-corrected chi connectivity index (χ1v) is 9.07. The van der Waals surface area contributed by atoms with Crippen molar-refractivity contribution >= 4 is 5.95 Å².